The number of hydrogen-bond acceptors (Lipinski definition) is 6. The molecule has 212 valence electrons. The molecule has 0 fully saturated rings. The van der Waals surface area contributed by atoms with E-state index in [1.165, 1.54) is 14.2 Å². The van der Waals surface area contributed by atoms with E-state index in [1.54, 1.807) is 43.3 Å². The van der Waals surface area contributed by atoms with Crippen molar-refractivity contribution < 1.29 is 28.7 Å². The van der Waals surface area contributed by atoms with E-state index in [9.17, 15) is 19.2 Å². The van der Waals surface area contributed by atoms with Gasteiger partial charge < -0.3 is 30.7 Å². The standard InChI is InChI=1S/C28H37ClN4O6/c1-6-23(25(34)27(36)30-16-19-12-21(38-4)14-22(13-19)39-5)32-26(35)24(10-17(2)3)33-28(37)31-15-18-8-7-9-20(29)11-18/h7-9,11-14,17,23-24H,6,10,15-16H2,1-5H3,(H,30,36)(H,32,35)(H2,31,33,37)/t23?,24-/m0/s1. The molecule has 0 radical (unpaired) electrons. The fourth-order valence-corrected chi connectivity index (χ4v) is 3.98. The molecule has 1 unspecified atom stereocenters. The van der Waals surface area contributed by atoms with Crippen LogP contribution in [-0.4, -0.2) is 49.9 Å². The number of benzene rings is 2. The van der Waals surface area contributed by atoms with E-state index < -0.39 is 35.7 Å². The summed E-state index contributed by atoms with van der Waals surface area (Å²) in [5.74, 6) is -1.00. The summed E-state index contributed by atoms with van der Waals surface area (Å²) in [6, 6.07) is 9.68. The number of carbonyl (C=O) groups excluding carboxylic acids is 4. The summed E-state index contributed by atoms with van der Waals surface area (Å²) in [4.78, 5) is 51.0. The summed E-state index contributed by atoms with van der Waals surface area (Å²) >= 11 is 5.98. The van der Waals surface area contributed by atoms with Gasteiger partial charge in [-0.05, 0) is 54.2 Å². The quantitative estimate of drug-likeness (QED) is 0.262. The average Bonchev–Trinajstić information content (AvgIpc) is 2.92. The highest BCUT2D eigenvalue weighted by Gasteiger charge is 2.29. The first-order valence-corrected chi connectivity index (χ1v) is 13.1. The number of amides is 4. The molecule has 11 heteroatoms. The number of hydrogen-bond donors (Lipinski definition) is 4. The highest BCUT2D eigenvalue weighted by atomic mass is 35.5. The molecular weight excluding hydrogens is 524 g/mol. The monoisotopic (exact) mass is 560 g/mol. The van der Waals surface area contributed by atoms with Crippen LogP contribution in [0.5, 0.6) is 11.5 Å². The van der Waals surface area contributed by atoms with E-state index in [4.69, 9.17) is 21.1 Å². The van der Waals surface area contributed by atoms with Gasteiger partial charge >= 0.3 is 6.03 Å². The zero-order chi connectivity index (χ0) is 28.9. The Morgan fingerprint density at radius 3 is 2.05 bits per heavy atom. The molecule has 0 aromatic heterocycles. The lowest BCUT2D eigenvalue weighted by molar-refractivity contribution is -0.140. The van der Waals surface area contributed by atoms with E-state index in [0.717, 1.165) is 5.56 Å². The summed E-state index contributed by atoms with van der Waals surface area (Å²) in [7, 11) is 3.03. The molecule has 0 bridgehead atoms. The molecular formula is C28H37ClN4O6. The van der Waals surface area contributed by atoms with Crippen molar-refractivity contribution in [1.82, 2.24) is 21.3 Å². The maximum absolute atomic E-state index is 13.1. The number of ether oxygens (including phenoxy) is 2. The molecule has 4 N–H and O–H groups in total. The Balaban J connectivity index is 1.98. The lowest BCUT2D eigenvalue weighted by Gasteiger charge is -2.23. The number of Topliss-reactive ketones (excluding diaryl/α,β-unsaturated/α-hetero) is 1. The largest absolute Gasteiger partial charge is 0.497 e. The Bertz CT molecular complexity index is 1130. The van der Waals surface area contributed by atoms with Gasteiger partial charge in [0.05, 0.1) is 20.3 Å². The van der Waals surface area contributed by atoms with Gasteiger partial charge in [0.15, 0.2) is 0 Å². The van der Waals surface area contributed by atoms with E-state index in [1.807, 2.05) is 19.9 Å². The van der Waals surface area contributed by atoms with Gasteiger partial charge in [0.2, 0.25) is 11.7 Å². The van der Waals surface area contributed by atoms with E-state index in [2.05, 4.69) is 21.3 Å². The molecule has 0 heterocycles. The molecule has 2 atom stereocenters. The molecule has 0 aliphatic heterocycles. The maximum Gasteiger partial charge on any atom is 0.315 e. The van der Waals surface area contributed by atoms with Gasteiger partial charge in [-0.2, -0.15) is 0 Å². The van der Waals surface area contributed by atoms with E-state index in [-0.39, 0.29) is 25.4 Å². The second-order valence-electron chi connectivity index (χ2n) is 9.38. The first-order chi connectivity index (χ1) is 18.6. The molecule has 0 aliphatic carbocycles. The van der Waals surface area contributed by atoms with Crippen LogP contribution in [0.25, 0.3) is 0 Å². The predicted octanol–water partition coefficient (Wildman–Crippen LogP) is 3.35. The second-order valence-corrected chi connectivity index (χ2v) is 9.81. The number of ketones is 1. The Kier molecular flexibility index (Phi) is 12.6. The summed E-state index contributed by atoms with van der Waals surface area (Å²) in [6.07, 6.45) is 0.533. The molecule has 0 saturated heterocycles. The molecule has 4 amide bonds. The van der Waals surface area contributed by atoms with Crippen molar-refractivity contribution in [2.24, 2.45) is 5.92 Å². The van der Waals surface area contributed by atoms with Crippen molar-refractivity contribution in [3.05, 3.63) is 58.6 Å². The Hall–Kier alpha value is -3.79. The predicted molar refractivity (Wildman–Crippen MR) is 149 cm³/mol. The third kappa shape index (κ3) is 10.5. The number of carbonyl (C=O) groups is 4. The average molecular weight is 561 g/mol. The topological polar surface area (TPSA) is 135 Å². The van der Waals surface area contributed by atoms with Crippen molar-refractivity contribution in [2.45, 2.75) is 58.8 Å². The van der Waals surface area contributed by atoms with Gasteiger partial charge in [0, 0.05) is 24.2 Å². The van der Waals surface area contributed by atoms with Crippen molar-refractivity contribution in [1.29, 1.82) is 0 Å². The summed E-state index contributed by atoms with van der Waals surface area (Å²) in [5.41, 5.74) is 1.48. The Morgan fingerprint density at radius 2 is 1.49 bits per heavy atom. The van der Waals surface area contributed by atoms with Crippen LogP contribution < -0.4 is 30.7 Å². The minimum atomic E-state index is -1.05. The van der Waals surface area contributed by atoms with Crippen LogP contribution in [0.1, 0.15) is 44.7 Å². The van der Waals surface area contributed by atoms with Gasteiger partial charge in [0.25, 0.3) is 5.91 Å². The molecule has 10 nitrogen and oxygen atoms in total. The third-order valence-corrected chi connectivity index (χ3v) is 6.04. The number of methoxy groups -OCH3 is 2. The molecule has 2 aromatic carbocycles. The van der Waals surface area contributed by atoms with Crippen LogP contribution >= 0.6 is 11.6 Å². The Labute approximate surface area is 234 Å². The maximum atomic E-state index is 13.1. The van der Waals surface area contributed by atoms with Crippen molar-refractivity contribution in [3.8, 4) is 11.5 Å². The summed E-state index contributed by atoms with van der Waals surface area (Å²) in [5, 5.41) is 11.1. The SMILES string of the molecule is CCC(NC(=O)[C@H](CC(C)C)NC(=O)NCc1cccc(Cl)c1)C(=O)C(=O)NCc1cc(OC)cc(OC)c1. The van der Waals surface area contributed by atoms with Crippen molar-refractivity contribution >= 4 is 35.2 Å². The second kappa shape index (κ2) is 15.6. The van der Waals surface area contributed by atoms with Gasteiger partial charge in [-0.25, -0.2) is 4.79 Å². The van der Waals surface area contributed by atoms with Crippen molar-refractivity contribution in [3.63, 3.8) is 0 Å². The lowest BCUT2D eigenvalue weighted by Crippen LogP contribution is -2.55. The minimum Gasteiger partial charge on any atom is -0.497 e. The van der Waals surface area contributed by atoms with Gasteiger partial charge in [-0.15, -0.1) is 0 Å². The van der Waals surface area contributed by atoms with Crippen LogP contribution in [-0.2, 0) is 27.5 Å². The zero-order valence-corrected chi connectivity index (χ0v) is 23.7. The lowest BCUT2D eigenvalue weighted by atomic mass is 10.0. The van der Waals surface area contributed by atoms with Crippen LogP contribution in [0.3, 0.4) is 0 Å². The summed E-state index contributed by atoms with van der Waals surface area (Å²) in [6.45, 7) is 5.79. The van der Waals surface area contributed by atoms with Crippen molar-refractivity contribution in [2.75, 3.05) is 14.2 Å². The van der Waals surface area contributed by atoms with Gasteiger partial charge in [-0.3, -0.25) is 14.4 Å². The van der Waals surface area contributed by atoms with Crippen LogP contribution in [0.2, 0.25) is 5.02 Å². The highest BCUT2D eigenvalue weighted by molar-refractivity contribution is 6.38. The molecule has 0 aliphatic rings. The first kappa shape index (κ1) is 31.4. The number of nitrogens with one attached hydrogen (secondary N) is 4. The third-order valence-electron chi connectivity index (χ3n) is 5.80. The van der Waals surface area contributed by atoms with Crippen LogP contribution in [0.15, 0.2) is 42.5 Å². The van der Waals surface area contributed by atoms with Crippen LogP contribution in [0.4, 0.5) is 4.79 Å². The fourth-order valence-electron chi connectivity index (χ4n) is 3.76. The molecule has 39 heavy (non-hydrogen) atoms. The molecule has 2 aromatic rings. The smallest absolute Gasteiger partial charge is 0.315 e. The van der Waals surface area contributed by atoms with E-state index in [0.29, 0.717) is 28.5 Å². The normalized spacial score (nSPS) is 12.2. The highest BCUT2D eigenvalue weighted by Crippen LogP contribution is 2.22. The molecule has 2 rings (SSSR count). The van der Waals surface area contributed by atoms with Gasteiger partial charge in [0.1, 0.15) is 17.5 Å². The van der Waals surface area contributed by atoms with Gasteiger partial charge in [-0.1, -0.05) is 44.5 Å². The van der Waals surface area contributed by atoms with Crippen LogP contribution in [0, 0.1) is 5.92 Å². The number of urea groups is 1. The van der Waals surface area contributed by atoms with E-state index >= 15 is 0 Å². The zero-order valence-electron chi connectivity index (χ0n) is 22.9. The first-order valence-electron chi connectivity index (χ1n) is 12.7. The molecule has 0 spiro atoms. The molecule has 0 saturated carbocycles. The number of halogens is 1. The number of rotatable bonds is 14. The summed E-state index contributed by atoms with van der Waals surface area (Å²) < 4.78 is 10.4. The minimum absolute atomic E-state index is 0.0623. The Morgan fingerprint density at radius 1 is 0.846 bits per heavy atom. The fraction of sp³-hybridized carbons (Fsp3) is 0.429.